The molecule has 0 aliphatic heterocycles. The van der Waals surface area contributed by atoms with E-state index in [1.807, 2.05) is 0 Å². The highest BCUT2D eigenvalue weighted by molar-refractivity contribution is 5.16. The largest absolute Gasteiger partial charge is 0.240 e. The predicted octanol–water partition coefficient (Wildman–Crippen LogP) is 1.27. The van der Waals surface area contributed by atoms with Crippen LogP contribution >= 0.6 is 0 Å². The van der Waals surface area contributed by atoms with Gasteiger partial charge < -0.3 is 0 Å². The standard InChI is InChI=1S/C7H14N/c1-4-7(5-6-7)8(2)3/h2,4-6H2,1,3H3/q+1. The molecular formula is C7H14N+. The van der Waals surface area contributed by atoms with E-state index in [1.54, 1.807) is 0 Å². The highest BCUT2D eigenvalue weighted by Gasteiger charge is 2.49. The minimum Gasteiger partial charge on any atom is -0.240 e. The third-order valence-electron chi connectivity index (χ3n) is 2.30. The number of hydrogen-bond acceptors (Lipinski definition) is 0. The van der Waals surface area contributed by atoms with Gasteiger partial charge in [0.25, 0.3) is 0 Å². The summed E-state index contributed by atoms with van der Waals surface area (Å²) in [6.07, 6.45) is 3.96. The van der Waals surface area contributed by atoms with Crippen LogP contribution in [0, 0.1) is 0 Å². The summed E-state index contributed by atoms with van der Waals surface area (Å²) < 4.78 is 2.10. The molecule has 0 aromatic carbocycles. The first kappa shape index (κ1) is 5.80. The second-order valence-electron chi connectivity index (χ2n) is 2.78. The summed E-state index contributed by atoms with van der Waals surface area (Å²) in [6, 6.07) is 0. The molecule has 1 aliphatic rings. The first-order valence-electron chi connectivity index (χ1n) is 3.25. The van der Waals surface area contributed by atoms with Gasteiger partial charge in [-0.3, -0.25) is 0 Å². The third-order valence-corrected chi connectivity index (χ3v) is 2.30. The van der Waals surface area contributed by atoms with Crippen LogP contribution in [0.1, 0.15) is 26.2 Å². The Kier molecular flexibility index (Phi) is 1.14. The van der Waals surface area contributed by atoms with E-state index in [1.165, 1.54) is 19.3 Å². The summed E-state index contributed by atoms with van der Waals surface area (Å²) >= 11 is 0. The zero-order chi connectivity index (χ0) is 6.20. The summed E-state index contributed by atoms with van der Waals surface area (Å²) in [6.45, 7) is 6.11. The van der Waals surface area contributed by atoms with E-state index in [0.29, 0.717) is 5.54 Å². The molecule has 0 bridgehead atoms. The Balaban J connectivity index is 2.53. The van der Waals surface area contributed by atoms with E-state index < -0.39 is 0 Å². The third kappa shape index (κ3) is 0.662. The molecule has 1 fully saturated rings. The molecular weight excluding hydrogens is 98.1 g/mol. The lowest BCUT2D eigenvalue weighted by Crippen LogP contribution is -2.21. The maximum absolute atomic E-state index is 3.88. The van der Waals surface area contributed by atoms with Crippen LogP contribution < -0.4 is 0 Å². The molecule has 1 heteroatoms. The Labute approximate surface area is 51.0 Å². The van der Waals surface area contributed by atoms with Gasteiger partial charge >= 0.3 is 0 Å². The quantitative estimate of drug-likeness (QED) is 0.374. The zero-order valence-electron chi connectivity index (χ0n) is 5.78. The molecule has 46 valence electrons. The Morgan fingerprint density at radius 3 is 2.12 bits per heavy atom. The van der Waals surface area contributed by atoms with Crippen LogP contribution in [0.25, 0.3) is 0 Å². The molecule has 8 heavy (non-hydrogen) atoms. The molecule has 1 nitrogen and oxygen atoms in total. The van der Waals surface area contributed by atoms with E-state index >= 15 is 0 Å². The molecule has 0 heterocycles. The van der Waals surface area contributed by atoms with Crippen LogP contribution in [-0.2, 0) is 0 Å². The molecule has 0 unspecified atom stereocenters. The predicted molar refractivity (Wildman–Crippen MR) is 35.6 cm³/mol. The smallest absolute Gasteiger partial charge is 0.161 e. The molecule has 0 spiro atoms. The van der Waals surface area contributed by atoms with Gasteiger partial charge in [0.1, 0.15) is 13.8 Å². The van der Waals surface area contributed by atoms with Crippen molar-refractivity contribution >= 4 is 6.72 Å². The molecule has 1 saturated carbocycles. The summed E-state index contributed by atoms with van der Waals surface area (Å²) in [5, 5.41) is 0. The van der Waals surface area contributed by atoms with E-state index in [0.717, 1.165) is 0 Å². The Morgan fingerprint density at radius 1 is 1.62 bits per heavy atom. The molecule has 0 N–H and O–H groups in total. The van der Waals surface area contributed by atoms with E-state index in [9.17, 15) is 0 Å². The number of rotatable bonds is 2. The van der Waals surface area contributed by atoms with E-state index in [4.69, 9.17) is 0 Å². The van der Waals surface area contributed by atoms with Gasteiger partial charge in [0.05, 0.1) is 0 Å². The molecule has 1 aliphatic carbocycles. The lowest BCUT2D eigenvalue weighted by atomic mass is 10.2. The minimum absolute atomic E-state index is 0.514. The number of hydrogen-bond donors (Lipinski definition) is 0. The Bertz CT molecular complexity index is 112. The van der Waals surface area contributed by atoms with Crippen LogP contribution in [0.5, 0.6) is 0 Å². The molecule has 0 aromatic heterocycles. The fraction of sp³-hybridized carbons (Fsp3) is 0.857. The van der Waals surface area contributed by atoms with Gasteiger partial charge in [0.15, 0.2) is 5.54 Å². The van der Waals surface area contributed by atoms with Crippen molar-refractivity contribution in [2.45, 2.75) is 31.7 Å². The first-order valence-corrected chi connectivity index (χ1v) is 3.25. The molecule has 0 atom stereocenters. The van der Waals surface area contributed by atoms with E-state index in [2.05, 4.69) is 25.3 Å². The van der Waals surface area contributed by atoms with Gasteiger partial charge in [-0.15, -0.1) is 0 Å². The zero-order valence-corrected chi connectivity index (χ0v) is 5.78. The minimum atomic E-state index is 0.514. The molecule has 1 rings (SSSR count). The fourth-order valence-corrected chi connectivity index (χ4v) is 1.15. The van der Waals surface area contributed by atoms with Crippen molar-refractivity contribution in [1.29, 1.82) is 0 Å². The van der Waals surface area contributed by atoms with Crippen molar-refractivity contribution in [1.82, 2.24) is 0 Å². The van der Waals surface area contributed by atoms with Crippen LogP contribution in [0.2, 0.25) is 0 Å². The summed E-state index contributed by atoms with van der Waals surface area (Å²) in [4.78, 5) is 0. The summed E-state index contributed by atoms with van der Waals surface area (Å²) in [5.41, 5.74) is 0.514. The highest BCUT2D eigenvalue weighted by Crippen LogP contribution is 2.40. The summed E-state index contributed by atoms with van der Waals surface area (Å²) in [7, 11) is 2.07. The van der Waals surface area contributed by atoms with Crippen LogP contribution in [0.3, 0.4) is 0 Å². The molecule has 0 saturated heterocycles. The maximum Gasteiger partial charge on any atom is 0.161 e. The van der Waals surface area contributed by atoms with Gasteiger partial charge in [-0.2, -0.15) is 0 Å². The van der Waals surface area contributed by atoms with Crippen molar-refractivity contribution in [2.75, 3.05) is 7.05 Å². The van der Waals surface area contributed by atoms with Crippen molar-refractivity contribution in [3.05, 3.63) is 0 Å². The highest BCUT2D eigenvalue weighted by atomic mass is 15.1. The second-order valence-corrected chi connectivity index (χ2v) is 2.78. The van der Waals surface area contributed by atoms with Crippen LogP contribution in [-0.4, -0.2) is 23.9 Å². The van der Waals surface area contributed by atoms with Crippen LogP contribution in [0.4, 0.5) is 0 Å². The fourth-order valence-electron chi connectivity index (χ4n) is 1.15. The monoisotopic (exact) mass is 112 g/mol. The molecule has 0 radical (unpaired) electrons. The average Bonchev–Trinajstić information content (AvgIpc) is 2.44. The topological polar surface area (TPSA) is 3.01 Å². The maximum atomic E-state index is 3.88. The lowest BCUT2D eigenvalue weighted by molar-refractivity contribution is -0.546. The van der Waals surface area contributed by atoms with Gasteiger partial charge in [0, 0.05) is 19.3 Å². The van der Waals surface area contributed by atoms with Gasteiger partial charge in [0.2, 0.25) is 0 Å². The Morgan fingerprint density at radius 2 is 2.12 bits per heavy atom. The van der Waals surface area contributed by atoms with E-state index in [-0.39, 0.29) is 0 Å². The molecule has 0 aromatic rings. The lowest BCUT2D eigenvalue weighted by Gasteiger charge is -2.04. The second kappa shape index (κ2) is 1.57. The van der Waals surface area contributed by atoms with Crippen molar-refractivity contribution in [3.8, 4) is 0 Å². The number of nitrogens with zero attached hydrogens (tertiary/aromatic N) is 1. The normalized spacial score (nSPS) is 22.8. The van der Waals surface area contributed by atoms with Crippen molar-refractivity contribution in [3.63, 3.8) is 0 Å². The Hall–Kier alpha value is -0.330. The van der Waals surface area contributed by atoms with Crippen molar-refractivity contribution < 1.29 is 4.58 Å². The first-order chi connectivity index (χ1) is 3.71. The van der Waals surface area contributed by atoms with Crippen molar-refractivity contribution in [2.24, 2.45) is 0 Å². The summed E-state index contributed by atoms with van der Waals surface area (Å²) in [5.74, 6) is 0. The van der Waals surface area contributed by atoms with Crippen LogP contribution in [0.15, 0.2) is 0 Å². The van der Waals surface area contributed by atoms with Gasteiger partial charge in [-0.05, 0) is 0 Å². The SMILES string of the molecule is C=[N+](C)C1(CC)CC1. The van der Waals surface area contributed by atoms with Gasteiger partial charge in [-0.1, -0.05) is 6.92 Å². The van der Waals surface area contributed by atoms with Gasteiger partial charge in [-0.25, -0.2) is 4.58 Å². The average molecular weight is 112 g/mol. The molecule has 0 amide bonds.